The molecule has 4 rings (SSSR count). The van der Waals surface area contributed by atoms with Crippen molar-refractivity contribution < 1.29 is 4.79 Å². The van der Waals surface area contributed by atoms with Crippen molar-refractivity contribution in [2.45, 2.75) is 46.6 Å². The van der Waals surface area contributed by atoms with Gasteiger partial charge < -0.3 is 5.32 Å². The Morgan fingerprint density at radius 1 is 1.31 bits per heavy atom. The van der Waals surface area contributed by atoms with Crippen LogP contribution in [0.1, 0.15) is 44.4 Å². The van der Waals surface area contributed by atoms with E-state index in [1.165, 1.54) is 4.68 Å². The summed E-state index contributed by atoms with van der Waals surface area (Å²) in [6.07, 6.45) is 8.53. The Balaban J connectivity index is 1.54. The van der Waals surface area contributed by atoms with Crippen molar-refractivity contribution in [3.63, 3.8) is 0 Å². The topological polar surface area (TPSA) is 94.2 Å². The lowest BCUT2D eigenvalue weighted by Crippen LogP contribution is -2.30. The zero-order valence-electron chi connectivity index (χ0n) is 16.8. The van der Waals surface area contributed by atoms with E-state index < -0.39 is 0 Å². The molecule has 0 atom stereocenters. The van der Waals surface area contributed by atoms with Crippen molar-refractivity contribution >= 4 is 22.8 Å². The predicted octanol–water partition coefficient (Wildman–Crippen LogP) is 2.83. The van der Waals surface area contributed by atoms with Gasteiger partial charge in [-0.1, -0.05) is 19.9 Å². The van der Waals surface area contributed by atoms with Crippen LogP contribution in [0.4, 0.5) is 5.69 Å². The van der Waals surface area contributed by atoms with Crippen LogP contribution in [0, 0.1) is 12.3 Å². The summed E-state index contributed by atoms with van der Waals surface area (Å²) in [6, 6.07) is 5.02. The summed E-state index contributed by atoms with van der Waals surface area (Å²) in [6.45, 7) is 6.25. The molecule has 1 aliphatic carbocycles. The first-order valence-electron chi connectivity index (χ1n) is 9.68. The minimum absolute atomic E-state index is 0.150. The number of allylic oxidation sites excluding steroid dienone is 2. The van der Waals surface area contributed by atoms with Crippen LogP contribution in [0.2, 0.25) is 0 Å². The molecule has 1 N–H and O–H groups in total. The Labute approximate surface area is 168 Å². The van der Waals surface area contributed by atoms with Gasteiger partial charge in [0, 0.05) is 24.0 Å². The lowest BCUT2D eigenvalue weighted by molar-refractivity contribution is -0.117. The van der Waals surface area contributed by atoms with E-state index in [1.807, 2.05) is 6.92 Å². The molecule has 0 saturated carbocycles. The second-order valence-corrected chi connectivity index (χ2v) is 8.33. The largest absolute Gasteiger partial charge is 0.324 e. The van der Waals surface area contributed by atoms with Crippen molar-refractivity contribution in [2.75, 3.05) is 5.32 Å². The molecule has 0 aromatic carbocycles. The second kappa shape index (κ2) is 7.27. The number of hydrogen-bond donors (Lipinski definition) is 1. The van der Waals surface area contributed by atoms with E-state index >= 15 is 0 Å². The van der Waals surface area contributed by atoms with Gasteiger partial charge in [0.15, 0.2) is 5.65 Å². The van der Waals surface area contributed by atoms with Crippen LogP contribution < -0.4 is 10.9 Å². The third-order valence-electron chi connectivity index (χ3n) is 5.34. The summed E-state index contributed by atoms with van der Waals surface area (Å²) < 4.78 is 2.97. The zero-order valence-corrected chi connectivity index (χ0v) is 16.8. The number of hydrogen-bond acceptors (Lipinski definition) is 5. The first kappa shape index (κ1) is 19.0. The lowest BCUT2D eigenvalue weighted by atomic mass is 9.77. The average molecular weight is 392 g/mol. The highest BCUT2D eigenvalue weighted by Gasteiger charge is 2.23. The van der Waals surface area contributed by atoms with Crippen molar-refractivity contribution in [1.82, 2.24) is 24.4 Å². The zero-order chi connectivity index (χ0) is 20.6. The number of fused-ring (bicyclic) bond motifs is 1. The van der Waals surface area contributed by atoms with E-state index in [-0.39, 0.29) is 23.4 Å². The number of carbonyl (C=O) groups excluding carboxylic acids is 1. The maximum absolute atomic E-state index is 12.5. The highest BCUT2D eigenvalue weighted by Crippen LogP contribution is 2.37. The molecule has 150 valence electrons. The number of nitrogens with one attached hydrogen (secondary N) is 1. The molecule has 29 heavy (non-hydrogen) atoms. The Hall–Kier alpha value is -3.29. The molecular formula is C21H24N6O2. The molecule has 0 spiro atoms. The summed E-state index contributed by atoms with van der Waals surface area (Å²) in [5.41, 5.74) is 4.01. The average Bonchev–Trinajstić information content (AvgIpc) is 3.12. The number of anilines is 1. The number of pyridine rings is 1. The fourth-order valence-corrected chi connectivity index (χ4v) is 3.53. The SMILES string of the molecule is Cc1cc(=O)n(CC(=O)Nc2ccn3cnnc3c2)nc1C1=CCC(C)(C)CC1. The van der Waals surface area contributed by atoms with Crippen molar-refractivity contribution in [3.8, 4) is 0 Å². The molecule has 3 aromatic heterocycles. The number of rotatable bonds is 4. The van der Waals surface area contributed by atoms with Gasteiger partial charge in [-0.25, -0.2) is 4.68 Å². The van der Waals surface area contributed by atoms with Crippen LogP contribution in [0.15, 0.2) is 41.6 Å². The fourth-order valence-electron chi connectivity index (χ4n) is 3.53. The number of amides is 1. The standard InChI is InChI=1S/C21H24N6O2/c1-14-10-19(29)27(25-20(14)15-4-7-21(2,3)8-5-15)12-18(28)23-16-6-9-26-13-22-24-17(26)11-16/h4,6,9-11,13H,5,7-8,12H2,1-3H3,(H,23,28). The Kier molecular flexibility index (Phi) is 4.77. The van der Waals surface area contributed by atoms with Gasteiger partial charge in [-0.2, -0.15) is 5.10 Å². The smallest absolute Gasteiger partial charge is 0.267 e. The third-order valence-corrected chi connectivity index (χ3v) is 5.34. The van der Waals surface area contributed by atoms with Crippen LogP contribution in [0.3, 0.4) is 0 Å². The minimum Gasteiger partial charge on any atom is -0.324 e. The van der Waals surface area contributed by atoms with E-state index in [0.29, 0.717) is 11.3 Å². The van der Waals surface area contributed by atoms with Gasteiger partial charge in [0.25, 0.3) is 5.56 Å². The maximum atomic E-state index is 12.5. The summed E-state index contributed by atoms with van der Waals surface area (Å²) in [4.78, 5) is 24.9. The van der Waals surface area contributed by atoms with Crippen LogP contribution >= 0.6 is 0 Å². The van der Waals surface area contributed by atoms with Crippen molar-refractivity contribution in [2.24, 2.45) is 5.41 Å². The molecule has 0 bridgehead atoms. The van der Waals surface area contributed by atoms with E-state index in [2.05, 4.69) is 40.5 Å². The molecule has 3 aromatic rings. The molecule has 1 amide bonds. The molecule has 0 radical (unpaired) electrons. The molecule has 0 fully saturated rings. The Bertz CT molecular complexity index is 1170. The van der Waals surface area contributed by atoms with E-state index in [0.717, 1.165) is 36.1 Å². The Morgan fingerprint density at radius 2 is 2.14 bits per heavy atom. The lowest BCUT2D eigenvalue weighted by Gasteiger charge is -2.28. The number of aromatic nitrogens is 5. The quantitative estimate of drug-likeness (QED) is 0.737. The molecule has 8 heteroatoms. The van der Waals surface area contributed by atoms with Gasteiger partial charge in [0.2, 0.25) is 5.91 Å². The molecule has 1 aliphatic rings. The van der Waals surface area contributed by atoms with Gasteiger partial charge in [-0.3, -0.25) is 14.0 Å². The van der Waals surface area contributed by atoms with E-state index in [4.69, 9.17) is 0 Å². The monoisotopic (exact) mass is 392 g/mol. The molecule has 8 nitrogen and oxygen atoms in total. The van der Waals surface area contributed by atoms with Gasteiger partial charge in [0.05, 0.1) is 5.69 Å². The molecule has 0 aliphatic heterocycles. The number of carbonyl (C=O) groups is 1. The van der Waals surface area contributed by atoms with Crippen LogP contribution in [-0.2, 0) is 11.3 Å². The minimum atomic E-state index is -0.322. The fraction of sp³-hybridized carbons (Fsp3) is 0.381. The highest BCUT2D eigenvalue weighted by molar-refractivity contribution is 5.90. The van der Waals surface area contributed by atoms with Crippen LogP contribution in [0.25, 0.3) is 11.2 Å². The number of aryl methyl sites for hydroxylation is 1. The molecule has 3 heterocycles. The van der Waals surface area contributed by atoms with Crippen LogP contribution in [0.5, 0.6) is 0 Å². The Morgan fingerprint density at radius 3 is 2.90 bits per heavy atom. The maximum Gasteiger partial charge on any atom is 0.267 e. The van der Waals surface area contributed by atoms with Crippen molar-refractivity contribution in [3.05, 3.63) is 58.4 Å². The van der Waals surface area contributed by atoms with Gasteiger partial charge in [-0.05, 0) is 48.8 Å². The van der Waals surface area contributed by atoms with Crippen molar-refractivity contribution in [1.29, 1.82) is 0 Å². The normalized spacial score (nSPS) is 15.9. The third kappa shape index (κ3) is 4.11. The summed E-state index contributed by atoms with van der Waals surface area (Å²) in [5, 5.41) is 15.1. The summed E-state index contributed by atoms with van der Waals surface area (Å²) >= 11 is 0. The first-order chi connectivity index (χ1) is 13.8. The van der Waals surface area contributed by atoms with E-state index in [9.17, 15) is 9.59 Å². The van der Waals surface area contributed by atoms with Gasteiger partial charge in [-0.15, -0.1) is 10.2 Å². The van der Waals surface area contributed by atoms with Gasteiger partial charge in [0.1, 0.15) is 12.9 Å². The molecular weight excluding hydrogens is 368 g/mol. The second-order valence-electron chi connectivity index (χ2n) is 8.33. The number of nitrogens with zero attached hydrogens (tertiary/aromatic N) is 5. The van der Waals surface area contributed by atoms with Crippen LogP contribution in [-0.4, -0.2) is 30.3 Å². The first-order valence-corrected chi connectivity index (χ1v) is 9.68. The van der Waals surface area contributed by atoms with Gasteiger partial charge >= 0.3 is 0 Å². The highest BCUT2D eigenvalue weighted by atomic mass is 16.2. The molecule has 0 unspecified atom stereocenters. The van der Waals surface area contributed by atoms with E-state index in [1.54, 1.807) is 35.1 Å². The summed E-state index contributed by atoms with van der Waals surface area (Å²) in [5.74, 6) is -0.322. The molecule has 0 saturated heterocycles. The predicted molar refractivity (Wildman–Crippen MR) is 110 cm³/mol. The summed E-state index contributed by atoms with van der Waals surface area (Å²) in [7, 11) is 0.